The van der Waals surface area contributed by atoms with Crippen LogP contribution in [0.4, 0.5) is 0 Å². The number of hydrogen-bond donors (Lipinski definition) is 25. The van der Waals surface area contributed by atoms with Crippen molar-refractivity contribution in [2.75, 3.05) is 46.2 Å². The molecule has 3 amide bonds. The summed E-state index contributed by atoms with van der Waals surface area (Å²) < 4.78 is 87.3. The average molecular weight is 1420 g/mol. The van der Waals surface area contributed by atoms with Crippen LogP contribution < -0.4 is 16.0 Å². The number of hydrogen-bond acceptors (Lipinski definition) is 40. The standard InChI is InChI=1S/C54H91N3O40/c1-12-26(65)35(74)39(78)50(86-12)85-11-22-44(33(72)23(47(82)87-22)55-13(2)62)94-49-25(57-15(4)64)34(73)43(19(8-61)91-49)95-53-42(81)45(96-54-46(38(77)29(68)18(7-60)90-54)97-48-24(56-14(3)63)32(71)27(66)16(5-58)88-48)31(70)21(93-53)10-84-52-41(80)37(76)30(69)20(92-52)9-83-51-40(79)36(75)28(67)17(6-59)89-51/h12,16-54,58-61,65-82H,5-11H2,1-4H3,(H,55,62)(H,56,63)(H,57,64)/t12-,16+,17+,18+,19+,20+,21+,22+,23+,24+,25+,26+,27+,28+,29+,30+,31+,32+,33+,34+,35+,36-,37-,38-,39-,40-,41-,42-,43+,44+,45-,46-,47?,48-,49-,50+,51-,52-,53-,54+/m0/s1. The van der Waals surface area contributed by atoms with E-state index in [1.807, 2.05) is 0 Å². The fraction of sp³-hybridized carbons (Fsp3) is 0.944. The predicted octanol–water partition coefficient (Wildman–Crippen LogP) is -17.0. The molecule has 1 unspecified atom stereocenters. The molecule has 8 aliphatic rings. The van der Waals surface area contributed by atoms with Crippen LogP contribution in [0.15, 0.2) is 0 Å². The highest BCUT2D eigenvalue weighted by molar-refractivity contribution is 5.74. The van der Waals surface area contributed by atoms with Crippen molar-refractivity contribution in [3.63, 3.8) is 0 Å². The molecule has 0 aromatic rings. The molecule has 97 heavy (non-hydrogen) atoms. The summed E-state index contributed by atoms with van der Waals surface area (Å²) in [6.07, 6.45) is -72.7. The fourth-order valence-electron chi connectivity index (χ4n) is 12.3. The van der Waals surface area contributed by atoms with Gasteiger partial charge in [-0.15, -0.1) is 0 Å². The van der Waals surface area contributed by atoms with E-state index in [4.69, 9.17) is 71.1 Å². The molecule has 562 valence electrons. The maximum Gasteiger partial charge on any atom is 0.217 e. The largest absolute Gasteiger partial charge is 0.394 e. The quantitative estimate of drug-likeness (QED) is 0.0427. The minimum atomic E-state index is -2.47. The molecule has 0 aromatic carbocycles. The Morgan fingerprint density at radius 3 is 1.14 bits per heavy atom. The Bertz CT molecular complexity index is 2490. The lowest BCUT2D eigenvalue weighted by atomic mass is 9.93. The Balaban J connectivity index is 1.09. The van der Waals surface area contributed by atoms with Crippen LogP contribution in [0, 0.1) is 0 Å². The van der Waals surface area contributed by atoms with Gasteiger partial charge in [-0.1, -0.05) is 0 Å². The fourth-order valence-corrected chi connectivity index (χ4v) is 12.3. The number of amides is 3. The summed E-state index contributed by atoms with van der Waals surface area (Å²) in [5.74, 6) is -2.57. The summed E-state index contributed by atoms with van der Waals surface area (Å²) in [6.45, 7) is -2.53. The van der Waals surface area contributed by atoms with E-state index in [9.17, 15) is 127 Å². The topological polar surface area (TPSA) is 671 Å². The molecular formula is C54H91N3O40. The Morgan fingerprint density at radius 1 is 0.289 bits per heavy atom. The number of ether oxygens (including phenoxy) is 15. The number of rotatable bonds is 24. The van der Waals surface area contributed by atoms with Crippen molar-refractivity contribution in [2.45, 2.75) is 273 Å². The lowest BCUT2D eigenvalue weighted by Crippen LogP contribution is -2.70. The van der Waals surface area contributed by atoms with Gasteiger partial charge in [0.15, 0.2) is 50.3 Å². The van der Waals surface area contributed by atoms with Crippen LogP contribution in [0.2, 0.25) is 0 Å². The third-order valence-electron chi connectivity index (χ3n) is 17.8. The summed E-state index contributed by atoms with van der Waals surface area (Å²) in [6, 6.07) is -5.36. The molecule has 0 aliphatic carbocycles. The predicted molar refractivity (Wildman–Crippen MR) is 298 cm³/mol. The first-order valence-corrected chi connectivity index (χ1v) is 31.0. The summed E-state index contributed by atoms with van der Waals surface area (Å²) in [4.78, 5) is 37.7. The average Bonchev–Trinajstić information content (AvgIpc) is 0.778. The molecule has 8 rings (SSSR count). The lowest BCUT2D eigenvalue weighted by Gasteiger charge is -2.51. The van der Waals surface area contributed by atoms with E-state index in [1.54, 1.807) is 0 Å². The van der Waals surface area contributed by atoms with Gasteiger partial charge in [-0.25, -0.2) is 0 Å². The molecule has 8 heterocycles. The van der Waals surface area contributed by atoms with Crippen molar-refractivity contribution < 1.29 is 198 Å². The first-order valence-electron chi connectivity index (χ1n) is 31.0. The zero-order valence-electron chi connectivity index (χ0n) is 52.2. The van der Waals surface area contributed by atoms with Crippen LogP contribution in [0.1, 0.15) is 27.7 Å². The molecule has 43 heteroatoms. The van der Waals surface area contributed by atoms with Crippen molar-refractivity contribution in [3.05, 3.63) is 0 Å². The second-order valence-corrected chi connectivity index (χ2v) is 24.7. The Labute approximate surface area is 549 Å². The van der Waals surface area contributed by atoms with Crippen molar-refractivity contribution in [1.29, 1.82) is 0 Å². The van der Waals surface area contributed by atoms with Gasteiger partial charge in [0.2, 0.25) is 17.7 Å². The van der Waals surface area contributed by atoms with Gasteiger partial charge in [-0.2, -0.15) is 0 Å². The Kier molecular flexibility index (Phi) is 28.3. The van der Waals surface area contributed by atoms with Gasteiger partial charge in [0, 0.05) is 20.8 Å². The van der Waals surface area contributed by atoms with E-state index in [2.05, 4.69) is 16.0 Å². The van der Waals surface area contributed by atoms with Crippen molar-refractivity contribution >= 4 is 17.7 Å². The molecular weight excluding hydrogens is 1330 g/mol. The van der Waals surface area contributed by atoms with Crippen LogP contribution in [-0.4, -0.2) is 422 Å². The van der Waals surface area contributed by atoms with Crippen LogP contribution in [0.3, 0.4) is 0 Å². The van der Waals surface area contributed by atoms with Gasteiger partial charge in [0.1, 0.15) is 189 Å². The Morgan fingerprint density at radius 2 is 0.629 bits per heavy atom. The highest BCUT2D eigenvalue weighted by Crippen LogP contribution is 2.38. The van der Waals surface area contributed by atoms with Crippen LogP contribution in [-0.2, 0) is 85.4 Å². The second-order valence-electron chi connectivity index (χ2n) is 24.7. The van der Waals surface area contributed by atoms with Crippen LogP contribution in [0.25, 0.3) is 0 Å². The summed E-state index contributed by atoms with van der Waals surface area (Å²) in [5, 5.41) is 248. The van der Waals surface area contributed by atoms with E-state index in [0.29, 0.717) is 0 Å². The van der Waals surface area contributed by atoms with E-state index >= 15 is 0 Å². The molecule has 0 bridgehead atoms. The van der Waals surface area contributed by atoms with Crippen LogP contribution in [0.5, 0.6) is 0 Å². The van der Waals surface area contributed by atoms with E-state index < -0.39 is 309 Å². The summed E-state index contributed by atoms with van der Waals surface area (Å²) in [7, 11) is 0. The molecule has 0 saturated carbocycles. The van der Waals surface area contributed by atoms with Crippen molar-refractivity contribution in [2.24, 2.45) is 0 Å². The number of aliphatic hydroxyl groups is 22. The van der Waals surface area contributed by atoms with Crippen molar-refractivity contribution in [1.82, 2.24) is 16.0 Å². The maximum absolute atomic E-state index is 13.0. The summed E-state index contributed by atoms with van der Waals surface area (Å²) in [5.41, 5.74) is 0. The summed E-state index contributed by atoms with van der Waals surface area (Å²) >= 11 is 0. The highest BCUT2D eigenvalue weighted by Gasteiger charge is 2.59. The maximum atomic E-state index is 13.0. The third kappa shape index (κ3) is 17.8. The molecule has 8 saturated heterocycles. The molecule has 8 aliphatic heterocycles. The zero-order chi connectivity index (χ0) is 71.5. The molecule has 0 spiro atoms. The van der Waals surface area contributed by atoms with Crippen molar-refractivity contribution in [3.8, 4) is 0 Å². The third-order valence-corrected chi connectivity index (χ3v) is 17.8. The minimum Gasteiger partial charge on any atom is -0.394 e. The molecule has 43 nitrogen and oxygen atoms in total. The van der Waals surface area contributed by atoms with Crippen LogP contribution >= 0.6 is 0 Å². The number of aliphatic hydroxyl groups excluding tert-OH is 22. The lowest BCUT2D eigenvalue weighted by molar-refractivity contribution is -0.394. The van der Waals surface area contributed by atoms with Gasteiger partial charge in [0.25, 0.3) is 0 Å². The molecule has 40 atom stereocenters. The first kappa shape index (κ1) is 79.6. The molecule has 8 fully saturated rings. The van der Waals surface area contributed by atoms with Gasteiger partial charge < -0.3 is 199 Å². The van der Waals surface area contributed by atoms with Gasteiger partial charge in [-0.05, 0) is 6.92 Å². The second kappa shape index (κ2) is 34.5. The normalized spacial score (nSPS) is 49.9. The van der Waals surface area contributed by atoms with Gasteiger partial charge >= 0.3 is 0 Å². The zero-order valence-corrected chi connectivity index (χ0v) is 52.2. The smallest absolute Gasteiger partial charge is 0.217 e. The molecule has 0 aromatic heterocycles. The first-order chi connectivity index (χ1) is 45.8. The number of carbonyl (C=O) groups is 3. The van der Waals surface area contributed by atoms with E-state index in [-0.39, 0.29) is 0 Å². The Hall–Kier alpha value is -3.07. The van der Waals surface area contributed by atoms with Gasteiger partial charge in [-0.3, -0.25) is 14.4 Å². The minimum absolute atomic E-state index is 0.799. The molecule has 25 N–H and O–H groups in total. The molecule has 0 radical (unpaired) electrons. The SMILES string of the molecule is CC(=O)N[C@H]1[C@H](O[C@H]2[C@H](O)[C@@H](NC(C)=O)C(O)O[C@@H]2CO[C@@H]2O[C@@H](C)[C@@H](O)[C@@H](O)[C@@H]2O)O[C@H](CO)[C@@H](O[C@@H]2O[C@H](CO[C@H]3O[C@H](CO[C@H]4O[C@H](CO)[C@@H](O)[C@H](O)[C@@H]4O)[C@@H](O)[C@H](O)[C@@H]3O)[C@@H](O)[C@H](O[C@H]3O[C@H](CO)[C@@H](O)[C@H](O)[C@@H]3O[C@@H]3O[C@H](CO)[C@@H](O)[C@H](O)[C@H]3NC(C)=O)[C@@H]2O)[C@@H]1O. The van der Waals surface area contributed by atoms with E-state index in [1.165, 1.54) is 6.92 Å². The number of carbonyl (C=O) groups excluding carboxylic acids is 3. The van der Waals surface area contributed by atoms with E-state index in [0.717, 1.165) is 20.8 Å². The highest BCUT2D eigenvalue weighted by atomic mass is 16.8. The number of nitrogens with one attached hydrogen (secondary N) is 3. The monoisotopic (exact) mass is 1420 g/mol. The van der Waals surface area contributed by atoms with Gasteiger partial charge in [0.05, 0.1) is 52.4 Å².